The number of nitrogens with two attached hydrogens (primary N) is 1. The molecule has 0 saturated heterocycles. The Balaban J connectivity index is 2.41. The molecule has 3 N–H and O–H groups in total. The molecule has 0 bridgehead atoms. The van der Waals surface area contributed by atoms with Crippen molar-refractivity contribution < 1.29 is 4.79 Å². The zero-order valence-corrected chi connectivity index (χ0v) is 10.9. The summed E-state index contributed by atoms with van der Waals surface area (Å²) in [6, 6.07) is 0. The third-order valence-electron chi connectivity index (χ3n) is 4.07. The smallest absolute Gasteiger partial charge is 0.226 e. The minimum Gasteiger partial charge on any atom is -0.354 e. The van der Waals surface area contributed by atoms with Crippen molar-refractivity contribution in [2.45, 2.75) is 64.8 Å². The number of hydrogen-bond acceptors (Lipinski definition) is 2. The summed E-state index contributed by atoms with van der Waals surface area (Å²) in [6.45, 7) is 6.91. The van der Waals surface area contributed by atoms with Gasteiger partial charge in [0.2, 0.25) is 5.91 Å². The highest BCUT2D eigenvalue weighted by molar-refractivity contribution is 5.85. The van der Waals surface area contributed by atoms with Crippen LogP contribution in [0.25, 0.3) is 0 Å². The van der Waals surface area contributed by atoms with Crippen LogP contribution in [0, 0.1) is 5.41 Å². The molecule has 0 aromatic carbocycles. The van der Waals surface area contributed by atoms with Crippen LogP contribution in [-0.4, -0.2) is 18.0 Å². The van der Waals surface area contributed by atoms with Crippen LogP contribution in [0.1, 0.15) is 59.3 Å². The van der Waals surface area contributed by atoms with Crippen LogP contribution in [0.4, 0.5) is 0 Å². The predicted octanol–water partition coefficient (Wildman–Crippen LogP) is 2.20. The molecule has 0 aromatic rings. The standard InChI is InChI=1S/C13H26N2O/c1-4-7-12(8-9-12)11(16)15-10-13(14,5-2)6-3/h4-10,14H2,1-3H3,(H,15,16). The van der Waals surface area contributed by atoms with Gasteiger partial charge in [-0.3, -0.25) is 4.79 Å². The number of amides is 1. The first-order chi connectivity index (χ1) is 7.52. The molecule has 3 heteroatoms. The topological polar surface area (TPSA) is 55.1 Å². The second-order valence-corrected chi connectivity index (χ2v) is 5.28. The van der Waals surface area contributed by atoms with Gasteiger partial charge in [-0.1, -0.05) is 27.2 Å². The summed E-state index contributed by atoms with van der Waals surface area (Å²) < 4.78 is 0. The lowest BCUT2D eigenvalue weighted by atomic mass is 9.93. The lowest BCUT2D eigenvalue weighted by Gasteiger charge is -2.28. The van der Waals surface area contributed by atoms with Crippen molar-refractivity contribution in [1.82, 2.24) is 5.32 Å². The Morgan fingerprint density at radius 2 is 1.88 bits per heavy atom. The summed E-state index contributed by atoms with van der Waals surface area (Å²) in [7, 11) is 0. The SMILES string of the molecule is CCCC1(C(=O)NCC(N)(CC)CC)CC1. The van der Waals surface area contributed by atoms with Crippen LogP contribution < -0.4 is 11.1 Å². The number of hydrogen-bond donors (Lipinski definition) is 2. The normalized spacial score (nSPS) is 18.2. The third kappa shape index (κ3) is 2.97. The van der Waals surface area contributed by atoms with Crippen LogP contribution in [-0.2, 0) is 4.79 Å². The summed E-state index contributed by atoms with van der Waals surface area (Å²) >= 11 is 0. The molecule has 0 aliphatic heterocycles. The number of carbonyl (C=O) groups is 1. The van der Waals surface area contributed by atoms with Gasteiger partial charge in [-0.25, -0.2) is 0 Å². The van der Waals surface area contributed by atoms with Crippen molar-refractivity contribution in [1.29, 1.82) is 0 Å². The average molecular weight is 226 g/mol. The lowest BCUT2D eigenvalue weighted by molar-refractivity contribution is -0.126. The van der Waals surface area contributed by atoms with Gasteiger partial charge in [0, 0.05) is 17.5 Å². The maximum absolute atomic E-state index is 12.0. The average Bonchev–Trinajstić information content (AvgIpc) is 3.07. The quantitative estimate of drug-likeness (QED) is 0.699. The molecule has 16 heavy (non-hydrogen) atoms. The Labute approximate surface area is 99.2 Å². The molecule has 1 aliphatic rings. The monoisotopic (exact) mass is 226 g/mol. The van der Waals surface area contributed by atoms with Gasteiger partial charge in [0.25, 0.3) is 0 Å². The van der Waals surface area contributed by atoms with E-state index in [2.05, 4.69) is 26.1 Å². The van der Waals surface area contributed by atoms with E-state index in [9.17, 15) is 4.79 Å². The lowest BCUT2D eigenvalue weighted by Crippen LogP contribution is -2.50. The second-order valence-electron chi connectivity index (χ2n) is 5.28. The van der Waals surface area contributed by atoms with Crippen molar-refractivity contribution in [3.63, 3.8) is 0 Å². The van der Waals surface area contributed by atoms with Gasteiger partial charge >= 0.3 is 0 Å². The number of carbonyl (C=O) groups excluding carboxylic acids is 1. The maximum atomic E-state index is 12.0. The summed E-state index contributed by atoms with van der Waals surface area (Å²) in [4.78, 5) is 12.0. The van der Waals surface area contributed by atoms with Gasteiger partial charge in [-0.2, -0.15) is 0 Å². The van der Waals surface area contributed by atoms with Gasteiger partial charge in [-0.05, 0) is 32.1 Å². The molecule has 1 aliphatic carbocycles. The van der Waals surface area contributed by atoms with Crippen molar-refractivity contribution in [3.8, 4) is 0 Å². The Hall–Kier alpha value is -0.570. The molecule has 94 valence electrons. The molecular weight excluding hydrogens is 200 g/mol. The largest absolute Gasteiger partial charge is 0.354 e. The first-order valence-corrected chi connectivity index (χ1v) is 6.59. The Kier molecular flexibility index (Phi) is 4.36. The molecule has 1 rings (SSSR count). The van der Waals surface area contributed by atoms with E-state index in [0.29, 0.717) is 6.54 Å². The van der Waals surface area contributed by atoms with E-state index in [4.69, 9.17) is 5.73 Å². The van der Waals surface area contributed by atoms with Crippen molar-refractivity contribution in [3.05, 3.63) is 0 Å². The Bertz CT molecular complexity index is 242. The van der Waals surface area contributed by atoms with E-state index in [0.717, 1.165) is 38.5 Å². The molecule has 0 spiro atoms. The zero-order chi connectivity index (χ0) is 12.2. The Morgan fingerprint density at radius 3 is 2.25 bits per heavy atom. The molecule has 0 atom stereocenters. The summed E-state index contributed by atoms with van der Waals surface area (Å²) in [5.41, 5.74) is 5.91. The molecule has 0 radical (unpaired) electrons. The first kappa shape index (κ1) is 13.5. The van der Waals surface area contributed by atoms with Crippen molar-refractivity contribution >= 4 is 5.91 Å². The molecule has 3 nitrogen and oxygen atoms in total. The van der Waals surface area contributed by atoms with Crippen molar-refractivity contribution in [2.24, 2.45) is 11.1 Å². The minimum absolute atomic E-state index is 0.0306. The highest BCUT2D eigenvalue weighted by atomic mass is 16.2. The van der Waals surface area contributed by atoms with Gasteiger partial charge in [0.1, 0.15) is 0 Å². The third-order valence-corrected chi connectivity index (χ3v) is 4.07. The molecule has 1 saturated carbocycles. The van der Waals surface area contributed by atoms with Crippen molar-refractivity contribution in [2.75, 3.05) is 6.54 Å². The van der Waals surface area contributed by atoms with E-state index in [-0.39, 0.29) is 16.9 Å². The highest BCUT2D eigenvalue weighted by Crippen LogP contribution is 2.49. The van der Waals surface area contributed by atoms with Gasteiger partial charge in [-0.15, -0.1) is 0 Å². The Morgan fingerprint density at radius 1 is 1.31 bits per heavy atom. The number of nitrogens with one attached hydrogen (secondary N) is 1. The van der Waals surface area contributed by atoms with Gasteiger partial charge < -0.3 is 11.1 Å². The maximum Gasteiger partial charge on any atom is 0.226 e. The van der Waals surface area contributed by atoms with Crippen LogP contribution in [0.15, 0.2) is 0 Å². The highest BCUT2D eigenvalue weighted by Gasteiger charge is 2.48. The fraction of sp³-hybridized carbons (Fsp3) is 0.923. The van der Waals surface area contributed by atoms with E-state index >= 15 is 0 Å². The van der Waals surface area contributed by atoms with E-state index < -0.39 is 0 Å². The van der Waals surface area contributed by atoms with E-state index in [1.54, 1.807) is 0 Å². The van der Waals surface area contributed by atoms with Crippen LogP contribution in [0.2, 0.25) is 0 Å². The molecule has 0 heterocycles. The fourth-order valence-corrected chi connectivity index (χ4v) is 2.16. The molecule has 0 aromatic heterocycles. The predicted molar refractivity (Wildman–Crippen MR) is 67.1 cm³/mol. The van der Waals surface area contributed by atoms with Crippen LogP contribution >= 0.6 is 0 Å². The minimum atomic E-state index is -0.224. The summed E-state index contributed by atoms with van der Waals surface area (Å²) in [6.07, 6.45) is 6.04. The molecular formula is C13H26N2O. The van der Waals surface area contributed by atoms with Crippen LogP contribution in [0.3, 0.4) is 0 Å². The number of rotatable bonds is 7. The molecule has 0 unspecified atom stereocenters. The second kappa shape index (κ2) is 5.17. The van der Waals surface area contributed by atoms with Gasteiger partial charge in [0.15, 0.2) is 0 Å². The van der Waals surface area contributed by atoms with E-state index in [1.807, 2.05) is 0 Å². The molecule has 1 fully saturated rings. The van der Waals surface area contributed by atoms with E-state index in [1.165, 1.54) is 0 Å². The molecule has 1 amide bonds. The zero-order valence-electron chi connectivity index (χ0n) is 10.9. The van der Waals surface area contributed by atoms with Gasteiger partial charge in [0.05, 0.1) is 0 Å². The van der Waals surface area contributed by atoms with Crippen LogP contribution in [0.5, 0.6) is 0 Å². The summed E-state index contributed by atoms with van der Waals surface area (Å²) in [5.74, 6) is 0.228. The first-order valence-electron chi connectivity index (χ1n) is 6.59. The summed E-state index contributed by atoms with van der Waals surface area (Å²) in [5, 5.41) is 3.05. The fourth-order valence-electron chi connectivity index (χ4n) is 2.16.